The van der Waals surface area contributed by atoms with Crippen LogP contribution in [0.15, 0.2) is 18.2 Å². The lowest BCUT2D eigenvalue weighted by molar-refractivity contribution is 0.280. The molecule has 1 N–H and O–H groups in total. The Bertz CT molecular complexity index is 377. The summed E-state index contributed by atoms with van der Waals surface area (Å²) in [4.78, 5) is 0. The Morgan fingerprint density at radius 2 is 1.89 bits per heavy atom. The lowest BCUT2D eigenvalue weighted by atomic mass is 9.84. The van der Waals surface area contributed by atoms with Crippen molar-refractivity contribution >= 4 is 0 Å². The van der Waals surface area contributed by atoms with Crippen molar-refractivity contribution in [1.82, 2.24) is 5.32 Å². The molecule has 0 spiro atoms. The van der Waals surface area contributed by atoms with Crippen LogP contribution >= 0.6 is 0 Å². The van der Waals surface area contributed by atoms with Gasteiger partial charge < -0.3 is 5.32 Å². The summed E-state index contributed by atoms with van der Waals surface area (Å²) in [7, 11) is 0. The minimum Gasteiger partial charge on any atom is -0.310 e. The molecule has 1 aliphatic carbocycles. The molecule has 0 saturated heterocycles. The molecule has 0 aromatic heterocycles. The average Bonchev–Trinajstić information content (AvgIpc) is 2.40. The molecule has 0 amide bonds. The predicted molar refractivity (Wildman–Crippen MR) is 78.8 cm³/mol. The highest BCUT2D eigenvalue weighted by atomic mass is 14.9. The smallest absolute Gasteiger partial charge is 0.0210 e. The Kier molecular flexibility index (Phi) is 4.82. The molecule has 1 atom stereocenters. The second kappa shape index (κ2) is 6.38. The third kappa shape index (κ3) is 3.58. The second-order valence-electron chi connectivity index (χ2n) is 6.00. The molecule has 0 radical (unpaired) electrons. The maximum Gasteiger partial charge on any atom is 0.0210 e. The van der Waals surface area contributed by atoms with Gasteiger partial charge in [-0.15, -0.1) is 0 Å². The van der Waals surface area contributed by atoms with Crippen LogP contribution in [0.25, 0.3) is 0 Å². The summed E-state index contributed by atoms with van der Waals surface area (Å²) >= 11 is 0. The summed E-state index contributed by atoms with van der Waals surface area (Å²) in [5.41, 5.74) is 4.23. The van der Waals surface area contributed by atoms with E-state index in [4.69, 9.17) is 0 Å². The van der Waals surface area contributed by atoms with E-state index >= 15 is 0 Å². The Morgan fingerprint density at radius 1 is 1.17 bits per heavy atom. The highest BCUT2D eigenvalue weighted by Crippen LogP contribution is 2.26. The van der Waals surface area contributed by atoms with Crippen LogP contribution in [0.1, 0.15) is 55.7 Å². The number of nitrogens with one attached hydrogen (secondary N) is 1. The third-order valence-electron chi connectivity index (χ3n) is 4.48. The second-order valence-corrected chi connectivity index (χ2v) is 6.00. The van der Waals surface area contributed by atoms with Crippen LogP contribution in [0.5, 0.6) is 0 Å². The zero-order valence-electron chi connectivity index (χ0n) is 12.1. The SMILES string of the molecule is Cc1ccc(C)c(CN[C@@H](C)C2CCCCC2)c1. The number of rotatable bonds is 4. The molecule has 2 rings (SSSR count). The summed E-state index contributed by atoms with van der Waals surface area (Å²) in [5.74, 6) is 0.892. The first-order chi connectivity index (χ1) is 8.66. The Hall–Kier alpha value is -0.820. The first-order valence-electron chi connectivity index (χ1n) is 7.46. The van der Waals surface area contributed by atoms with Gasteiger partial charge in [0.15, 0.2) is 0 Å². The Morgan fingerprint density at radius 3 is 2.61 bits per heavy atom. The zero-order chi connectivity index (χ0) is 13.0. The Labute approximate surface area is 112 Å². The van der Waals surface area contributed by atoms with Crippen LogP contribution in [-0.2, 0) is 6.54 Å². The largest absolute Gasteiger partial charge is 0.310 e. The summed E-state index contributed by atoms with van der Waals surface area (Å²) in [6, 6.07) is 7.40. The zero-order valence-corrected chi connectivity index (χ0v) is 12.1. The lowest BCUT2D eigenvalue weighted by Crippen LogP contribution is -2.34. The van der Waals surface area contributed by atoms with Gasteiger partial charge >= 0.3 is 0 Å². The maximum atomic E-state index is 3.74. The molecule has 1 aromatic rings. The number of hydrogen-bond donors (Lipinski definition) is 1. The molecule has 0 aliphatic heterocycles. The van der Waals surface area contributed by atoms with Crippen molar-refractivity contribution in [1.29, 1.82) is 0 Å². The van der Waals surface area contributed by atoms with Gasteiger partial charge in [-0.3, -0.25) is 0 Å². The van der Waals surface area contributed by atoms with E-state index in [9.17, 15) is 0 Å². The molecule has 0 unspecified atom stereocenters. The van der Waals surface area contributed by atoms with E-state index in [1.165, 1.54) is 48.8 Å². The van der Waals surface area contributed by atoms with Crippen LogP contribution in [-0.4, -0.2) is 6.04 Å². The standard InChI is InChI=1S/C17H27N/c1-13-9-10-14(2)17(11-13)12-18-15(3)16-7-5-4-6-8-16/h9-11,15-16,18H,4-8,12H2,1-3H3/t15-/m0/s1. The first kappa shape index (κ1) is 13.6. The molecular formula is C17H27N. The van der Waals surface area contributed by atoms with E-state index in [2.05, 4.69) is 44.3 Å². The highest BCUT2D eigenvalue weighted by Gasteiger charge is 2.19. The molecule has 1 aromatic carbocycles. The molecular weight excluding hydrogens is 218 g/mol. The van der Waals surface area contributed by atoms with Crippen molar-refractivity contribution < 1.29 is 0 Å². The fraction of sp³-hybridized carbons (Fsp3) is 0.647. The van der Waals surface area contributed by atoms with Gasteiger partial charge in [0.2, 0.25) is 0 Å². The van der Waals surface area contributed by atoms with Crippen LogP contribution < -0.4 is 5.32 Å². The summed E-state index contributed by atoms with van der Waals surface area (Å²) in [6.07, 6.45) is 7.14. The van der Waals surface area contributed by atoms with E-state index in [1.807, 2.05) is 0 Å². The fourth-order valence-corrected chi connectivity index (χ4v) is 3.06. The van der Waals surface area contributed by atoms with Crippen molar-refractivity contribution in [2.24, 2.45) is 5.92 Å². The molecule has 1 nitrogen and oxygen atoms in total. The average molecular weight is 245 g/mol. The monoisotopic (exact) mass is 245 g/mol. The number of benzene rings is 1. The first-order valence-corrected chi connectivity index (χ1v) is 7.46. The molecule has 0 heterocycles. The van der Waals surface area contributed by atoms with Gasteiger partial charge in [0.25, 0.3) is 0 Å². The van der Waals surface area contributed by atoms with Crippen LogP contribution in [0.3, 0.4) is 0 Å². The highest BCUT2D eigenvalue weighted by molar-refractivity contribution is 5.30. The fourth-order valence-electron chi connectivity index (χ4n) is 3.06. The van der Waals surface area contributed by atoms with Crippen LogP contribution in [0.4, 0.5) is 0 Å². The summed E-state index contributed by atoms with van der Waals surface area (Å²) in [5, 5.41) is 3.74. The number of hydrogen-bond acceptors (Lipinski definition) is 1. The van der Waals surface area contributed by atoms with Gasteiger partial charge in [-0.2, -0.15) is 0 Å². The molecule has 18 heavy (non-hydrogen) atoms. The molecule has 1 saturated carbocycles. The van der Waals surface area contributed by atoms with Crippen molar-refractivity contribution in [2.75, 3.05) is 0 Å². The van der Waals surface area contributed by atoms with Crippen molar-refractivity contribution in [3.8, 4) is 0 Å². The molecule has 1 heteroatoms. The van der Waals surface area contributed by atoms with Crippen molar-refractivity contribution in [2.45, 2.75) is 65.5 Å². The van der Waals surface area contributed by atoms with Gasteiger partial charge in [0, 0.05) is 12.6 Å². The molecule has 100 valence electrons. The Balaban J connectivity index is 1.88. The molecule has 1 aliphatic rings. The predicted octanol–water partition coefficient (Wildman–Crippen LogP) is 4.36. The van der Waals surface area contributed by atoms with Gasteiger partial charge in [0.1, 0.15) is 0 Å². The van der Waals surface area contributed by atoms with E-state index in [-0.39, 0.29) is 0 Å². The summed E-state index contributed by atoms with van der Waals surface area (Å²) < 4.78 is 0. The van der Waals surface area contributed by atoms with E-state index < -0.39 is 0 Å². The van der Waals surface area contributed by atoms with E-state index in [0.717, 1.165) is 12.5 Å². The van der Waals surface area contributed by atoms with E-state index in [1.54, 1.807) is 0 Å². The van der Waals surface area contributed by atoms with Crippen LogP contribution in [0, 0.1) is 19.8 Å². The normalized spacial score (nSPS) is 18.8. The van der Waals surface area contributed by atoms with Crippen molar-refractivity contribution in [3.05, 3.63) is 34.9 Å². The van der Waals surface area contributed by atoms with Gasteiger partial charge in [0.05, 0.1) is 0 Å². The quantitative estimate of drug-likeness (QED) is 0.831. The van der Waals surface area contributed by atoms with Crippen LogP contribution in [0.2, 0.25) is 0 Å². The van der Waals surface area contributed by atoms with E-state index in [0.29, 0.717) is 6.04 Å². The molecule has 1 fully saturated rings. The minimum absolute atomic E-state index is 0.658. The van der Waals surface area contributed by atoms with Gasteiger partial charge in [-0.05, 0) is 50.7 Å². The number of aryl methyl sites for hydroxylation is 2. The minimum atomic E-state index is 0.658. The topological polar surface area (TPSA) is 12.0 Å². The third-order valence-corrected chi connectivity index (χ3v) is 4.48. The maximum absolute atomic E-state index is 3.74. The van der Waals surface area contributed by atoms with Gasteiger partial charge in [-0.25, -0.2) is 0 Å². The van der Waals surface area contributed by atoms with Crippen molar-refractivity contribution in [3.63, 3.8) is 0 Å². The van der Waals surface area contributed by atoms with Gasteiger partial charge in [-0.1, -0.05) is 43.0 Å². The summed E-state index contributed by atoms with van der Waals surface area (Å²) in [6.45, 7) is 7.77. The lowest BCUT2D eigenvalue weighted by Gasteiger charge is -2.28. The molecule has 0 bridgehead atoms.